The molecule has 0 saturated heterocycles. The maximum absolute atomic E-state index is 13.6. The highest BCUT2D eigenvalue weighted by Gasteiger charge is 2.26. The summed E-state index contributed by atoms with van der Waals surface area (Å²) in [6, 6.07) is 20.9. The summed E-state index contributed by atoms with van der Waals surface area (Å²) in [5.74, 6) is -1.73. The van der Waals surface area contributed by atoms with Crippen molar-refractivity contribution < 1.29 is 27.5 Å². The van der Waals surface area contributed by atoms with E-state index in [1.165, 1.54) is 30.3 Å². The standard InChI is InChI=1S/C28H20Cl2O6S/c1-17-3-7-19(8-4-17)27(31)35-21-11-14-25(36-28(32)20-9-5-18(2)6-10-20)26(15-21)37(33,34)22-12-13-23(29)24(30)16-22/h3-16H,1-2H3. The van der Waals surface area contributed by atoms with Gasteiger partial charge in [-0.2, -0.15) is 0 Å². The van der Waals surface area contributed by atoms with Crippen molar-refractivity contribution in [2.45, 2.75) is 23.6 Å². The smallest absolute Gasteiger partial charge is 0.343 e. The van der Waals surface area contributed by atoms with Gasteiger partial charge in [0, 0.05) is 6.07 Å². The number of hydrogen-bond acceptors (Lipinski definition) is 6. The molecule has 0 bridgehead atoms. The van der Waals surface area contributed by atoms with Crippen molar-refractivity contribution in [1.29, 1.82) is 0 Å². The highest BCUT2D eigenvalue weighted by atomic mass is 35.5. The Morgan fingerprint density at radius 3 is 1.73 bits per heavy atom. The lowest BCUT2D eigenvalue weighted by molar-refractivity contribution is 0.0715. The third-order valence-corrected chi connectivity index (χ3v) is 7.91. The van der Waals surface area contributed by atoms with E-state index in [0.717, 1.165) is 17.2 Å². The molecule has 6 nitrogen and oxygen atoms in total. The van der Waals surface area contributed by atoms with Crippen LogP contribution in [-0.4, -0.2) is 20.4 Å². The summed E-state index contributed by atoms with van der Waals surface area (Å²) < 4.78 is 38.1. The zero-order valence-corrected chi connectivity index (χ0v) is 22.0. The van der Waals surface area contributed by atoms with Crippen LogP contribution < -0.4 is 9.47 Å². The van der Waals surface area contributed by atoms with E-state index in [9.17, 15) is 18.0 Å². The minimum atomic E-state index is -4.28. The maximum Gasteiger partial charge on any atom is 0.343 e. The molecule has 0 fully saturated rings. The number of carbonyl (C=O) groups excluding carboxylic acids is 2. The number of carbonyl (C=O) groups is 2. The average Bonchev–Trinajstić information content (AvgIpc) is 2.87. The number of rotatable bonds is 6. The summed E-state index contributed by atoms with van der Waals surface area (Å²) in [6.45, 7) is 3.75. The van der Waals surface area contributed by atoms with E-state index in [4.69, 9.17) is 32.7 Å². The van der Waals surface area contributed by atoms with E-state index in [1.54, 1.807) is 48.5 Å². The lowest BCUT2D eigenvalue weighted by Crippen LogP contribution is -2.13. The molecule has 0 unspecified atom stereocenters. The summed E-state index contributed by atoms with van der Waals surface area (Å²) >= 11 is 12.0. The molecule has 37 heavy (non-hydrogen) atoms. The fourth-order valence-electron chi connectivity index (χ4n) is 3.32. The second-order valence-electron chi connectivity index (χ2n) is 8.20. The normalized spacial score (nSPS) is 11.1. The number of benzene rings is 4. The van der Waals surface area contributed by atoms with Crippen molar-refractivity contribution >= 4 is 45.0 Å². The van der Waals surface area contributed by atoms with Crippen LogP contribution in [0.2, 0.25) is 10.0 Å². The summed E-state index contributed by atoms with van der Waals surface area (Å²) in [6.07, 6.45) is 0. The van der Waals surface area contributed by atoms with Crippen LogP contribution in [0.3, 0.4) is 0 Å². The van der Waals surface area contributed by atoms with Crippen LogP contribution in [0.25, 0.3) is 0 Å². The van der Waals surface area contributed by atoms with Gasteiger partial charge >= 0.3 is 11.9 Å². The molecule has 0 radical (unpaired) electrons. The van der Waals surface area contributed by atoms with E-state index in [2.05, 4.69) is 0 Å². The number of ether oxygens (including phenoxy) is 2. The minimum absolute atomic E-state index is 0.0305. The highest BCUT2D eigenvalue weighted by Crippen LogP contribution is 2.35. The Balaban J connectivity index is 1.75. The molecule has 0 aliphatic heterocycles. The quantitative estimate of drug-likeness (QED) is 0.190. The molecule has 0 atom stereocenters. The first-order chi connectivity index (χ1) is 17.5. The van der Waals surface area contributed by atoms with Crippen molar-refractivity contribution in [1.82, 2.24) is 0 Å². The van der Waals surface area contributed by atoms with E-state index >= 15 is 0 Å². The van der Waals surface area contributed by atoms with E-state index in [0.29, 0.717) is 0 Å². The van der Waals surface area contributed by atoms with Crippen LogP contribution >= 0.6 is 23.2 Å². The van der Waals surface area contributed by atoms with E-state index in [-0.39, 0.29) is 42.5 Å². The first kappa shape index (κ1) is 26.4. The second kappa shape index (κ2) is 10.8. The molecule has 9 heteroatoms. The van der Waals surface area contributed by atoms with Crippen molar-refractivity contribution in [2.24, 2.45) is 0 Å². The molecular weight excluding hydrogens is 535 g/mol. The molecule has 0 aliphatic carbocycles. The van der Waals surface area contributed by atoms with Gasteiger partial charge in [0.25, 0.3) is 0 Å². The number of esters is 2. The molecule has 0 N–H and O–H groups in total. The molecule has 0 heterocycles. The number of aryl methyl sites for hydroxylation is 2. The predicted octanol–water partition coefficient (Wildman–Crippen LogP) is 6.88. The minimum Gasteiger partial charge on any atom is -0.423 e. The van der Waals surface area contributed by atoms with Crippen LogP contribution in [0, 0.1) is 13.8 Å². The third-order valence-electron chi connectivity index (χ3n) is 5.39. The summed E-state index contributed by atoms with van der Waals surface area (Å²) in [5, 5.41) is 0.204. The predicted molar refractivity (Wildman–Crippen MR) is 141 cm³/mol. The van der Waals surface area contributed by atoms with Gasteiger partial charge in [0.05, 0.1) is 26.1 Å². The number of sulfone groups is 1. The van der Waals surface area contributed by atoms with Crippen LogP contribution in [0.1, 0.15) is 31.8 Å². The Hall–Kier alpha value is -3.65. The van der Waals surface area contributed by atoms with Crippen molar-refractivity contribution in [2.75, 3.05) is 0 Å². The Morgan fingerprint density at radius 2 is 1.19 bits per heavy atom. The molecule has 0 amide bonds. The van der Waals surface area contributed by atoms with Gasteiger partial charge in [0.15, 0.2) is 5.75 Å². The molecule has 4 aromatic rings. The van der Waals surface area contributed by atoms with Crippen LogP contribution in [0.4, 0.5) is 0 Å². The molecular formula is C28H20Cl2O6S. The van der Waals surface area contributed by atoms with Gasteiger partial charge in [-0.25, -0.2) is 18.0 Å². The fraction of sp³-hybridized carbons (Fsp3) is 0.0714. The summed E-state index contributed by atoms with van der Waals surface area (Å²) in [5.41, 5.74) is 2.43. The average molecular weight is 555 g/mol. The van der Waals surface area contributed by atoms with E-state index in [1.807, 2.05) is 13.8 Å². The molecule has 0 aromatic heterocycles. The molecule has 4 aromatic carbocycles. The van der Waals surface area contributed by atoms with Crippen molar-refractivity contribution in [3.8, 4) is 11.5 Å². The van der Waals surface area contributed by atoms with Gasteiger partial charge < -0.3 is 9.47 Å². The second-order valence-corrected chi connectivity index (χ2v) is 10.9. The maximum atomic E-state index is 13.6. The Kier molecular flexibility index (Phi) is 7.68. The Bertz CT molecular complexity index is 1600. The lowest BCUT2D eigenvalue weighted by atomic mass is 10.1. The molecule has 188 valence electrons. The lowest BCUT2D eigenvalue weighted by Gasteiger charge is -2.14. The summed E-state index contributed by atoms with van der Waals surface area (Å²) in [7, 11) is -4.28. The fourth-order valence-corrected chi connectivity index (χ4v) is 5.10. The van der Waals surface area contributed by atoms with Crippen LogP contribution in [0.15, 0.2) is 94.7 Å². The monoisotopic (exact) mass is 554 g/mol. The van der Waals surface area contributed by atoms with Gasteiger partial charge in [-0.05, 0) is 68.4 Å². The molecule has 4 rings (SSSR count). The molecule has 0 spiro atoms. The molecule has 0 aliphatic rings. The van der Waals surface area contributed by atoms with Crippen molar-refractivity contribution in [3.05, 3.63) is 117 Å². The number of halogens is 2. The Morgan fingerprint density at radius 1 is 0.649 bits per heavy atom. The number of hydrogen-bond donors (Lipinski definition) is 0. The first-order valence-corrected chi connectivity index (χ1v) is 13.2. The van der Waals surface area contributed by atoms with E-state index < -0.39 is 21.8 Å². The van der Waals surface area contributed by atoms with Gasteiger partial charge in [-0.1, -0.05) is 58.6 Å². The third kappa shape index (κ3) is 6.02. The SMILES string of the molecule is Cc1ccc(C(=O)Oc2ccc(OC(=O)c3ccc(C)cc3)c(S(=O)(=O)c3ccc(Cl)c(Cl)c3)c2)cc1. The van der Waals surface area contributed by atoms with Gasteiger partial charge in [0.1, 0.15) is 10.6 Å². The largest absolute Gasteiger partial charge is 0.423 e. The molecule has 0 saturated carbocycles. The topological polar surface area (TPSA) is 86.7 Å². The Labute approximate surface area is 224 Å². The highest BCUT2D eigenvalue weighted by molar-refractivity contribution is 7.91. The summed E-state index contributed by atoms with van der Waals surface area (Å²) in [4.78, 5) is 24.8. The van der Waals surface area contributed by atoms with Gasteiger partial charge in [0.2, 0.25) is 9.84 Å². The van der Waals surface area contributed by atoms with Crippen LogP contribution in [0.5, 0.6) is 11.5 Å². The van der Waals surface area contributed by atoms with Gasteiger partial charge in [-0.3, -0.25) is 0 Å². The zero-order valence-electron chi connectivity index (χ0n) is 19.7. The van der Waals surface area contributed by atoms with Crippen LogP contribution in [-0.2, 0) is 9.84 Å². The van der Waals surface area contributed by atoms with Gasteiger partial charge in [-0.15, -0.1) is 0 Å². The zero-order chi connectivity index (χ0) is 26.7. The first-order valence-electron chi connectivity index (χ1n) is 11.0. The van der Waals surface area contributed by atoms with Crippen molar-refractivity contribution in [3.63, 3.8) is 0 Å².